The van der Waals surface area contributed by atoms with Crippen LogP contribution in [-0.4, -0.2) is 6.67 Å². The lowest BCUT2D eigenvalue weighted by molar-refractivity contribution is 0.998. The number of nitrogens with one attached hydrogen (secondary N) is 1. The fourth-order valence-electron chi connectivity index (χ4n) is 1.16. The van der Waals surface area contributed by atoms with E-state index in [4.69, 9.17) is 5.73 Å². The van der Waals surface area contributed by atoms with Crippen molar-refractivity contribution in [3.63, 3.8) is 0 Å². The second-order valence-corrected chi connectivity index (χ2v) is 2.68. The van der Waals surface area contributed by atoms with E-state index in [1.54, 1.807) is 0 Å². The van der Waals surface area contributed by atoms with Crippen LogP contribution in [0.15, 0.2) is 24.3 Å². The number of benzene rings is 1. The van der Waals surface area contributed by atoms with E-state index < -0.39 is 0 Å². The normalized spacial score (nSPS) is 9.83. The summed E-state index contributed by atoms with van der Waals surface area (Å²) in [5, 5.41) is 3.06. The van der Waals surface area contributed by atoms with Crippen molar-refractivity contribution in [3.8, 4) is 0 Å². The molecule has 2 nitrogen and oxygen atoms in total. The minimum absolute atomic E-state index is 0.480. The first kappa shape index (κ1) is 9.07. The van der Waals surface area contributed by atoms with Gasteiger partial charge in [0.15, 0.2) is 0 Å². The lowest BCUT2D eigenvalue weighted by Crippen LogP contribution is -2.10. The molecule has 0 bridgehead atoms. The van der Waals surface area contributed by atoms with Crippen molar-refractivity contribution in [2.24, 2.45) is 5.73 Å². The van der Waals surface area contributed by atoms with Gasteiger partial charge in [-0.2, -0.15) is 0 Å². The summed E-state index contributed by atoms with van der Waals surface area (Å²) in [6.07, 6.45) is 1.96. The molecule has 2 heteroatoms. The summed E-state index contributed by atoms with van der Waals surface area (Å²) < 4.78 is 0. The summed E-state index contributed by atoms with van der Waals surface area (Å²) >= 11 is 0. The number of anilines is 1. The Kier molecular flexibility index (Phi) is 3.61. The average Bonchev–Trinajstić information content (AvgIpc) is 2.06. The van der Waals surface area contributed by atoms with Crippen molar-refractivity contribution < 1.29 is 0 Å². The first-order valence-corrected chi connectivity index (χ1v) is 4.19. The molecule has 0 aliphatic carbocycles. The highest BCUT2D eigenvalue weighted by atomic mass is 15.0. The van der Waals surface area contributed by atoms with Gasteiger partial charge in [0.1, 0.15) is 0 Å². The molecule has 0 aromatic heterocycles. The molecule has 1 radical (unpaired) electrons. The Balaban J connectivity index is 2.67. The summed E-state index contributed by atoms with van der Waals surface area (Å²) in [5.74, 6) is 0. The van der Waals surface area contributed by atoms with Crippen LogP contribution in [0.4, 0.5) is 5.69 Å². The molecule has 0 spiro atoms. The largest absolute Gasteiger partial charge is 0.373 e. The molecular formula is C10H15N2. The van der Waals surface area contributed by atoms with Crippen LogP contribution < -0.4 is 11.1 Å². The van der Waals surface area contributed by atoms with Gasteiger partial charge in [-0.15, -0.1) is 0 Å². The van der Waals surface area contributed by atoms with Gasteiger partial charge in [0.05, 0.1) is 6.67 Å². The molecule has 0 heterocycles. The van der Waals surface area contributed by atoms with Gasteiger partial charge in [0, 0.05) is 5.69 Å². The van der Waals surface area contributed by atoms with E-state index in [0.29, 0.717) is 6.67 Å². The molecule has 1 aromatic rings. The molecule has 12 heavy (non-hydrogen) atoms. The van der Waals surface area contributed by atoms with Gasteiger partial charge in [-0.25, -0.2) is 0 Å². The van der Waals surface area contributed by atoms with E-state index in [1.807, 2.05) is 12.1 Å². The standard InChI is InChI=1S/C10H15N2/c1-2-4-9-5-3-6-10(7-9)12-8-11/h3,5-7,12H,1-2,4,8,11H2. The summed E-state index contributed by atoms with van der Waals surface area (Å²) in [6, 6.07) is 8.26. The fourth-order valence-corrected chi connectivity index (χ4v) is 1.16. The Bertz CT molecular complexity index is 212. The smallest absolute Gasteiger partial charge is 0.0628 e. The van der Waals surface area contributed by atoms with Crippen molar-refractivity contribution in [3.05, 3.63) is 36.8 Å². The quantitative estimate of drug-likeness (QED) is 0.664. The number of nitrogens with two attached hydrogens (primary N) is 1. The first-order chi connectivity index (χ1) is 5.86. The maximum absolute atomic E-state index is 5.36. The Morgan fingerprint density at radius 3 is 2.92 bits per heavy atom. The van der Waals surface area contributed by atoms with Crippen molar-refractivity contribution in [1.82, 2.24) is 0 Å². The van der Waals surface area contributed by atoms with E-state index in [0.717, 1.165) is 18.5 Å². The van der Waals surface area contributed by atoms with Crippen molar-refractivity contribution in [1.29, 1.82) is 0 Å². The average molecular weight is 163 g/mol. The zero-order valence-corrected chi connectivity index (χ0v) is 7.22. The molecule has 0 aliphatic heterocycles. The maximum atomic E-state index is 5.36. The molecule has 0 saturated heterocycles. The van der Waals surface area contributed by atoms with Crippen LogP contribution in [0.25, 0.3) is 0 Å². The van der Waals surface area contributed by atoms with Crippen molar-refractivity contribution in [2.75, 3.05) is 12.0 Å². The highest BCUT2D eigenvalue weighted by Crippen LogP contribution is 2.11. The molecule has 1 rings (SSSR count). The predicted molar refractivity (Wildman–Crippen MR) is 52.8 cm³/mol. The number of aryl methyl sites for hydroxylation is 1. The maximum Gasteiger partial charge on any atom is 0.0628 e. The molecule has 0 unspecified atom stereocenters. The van der Waals surface area contributed by atoms with Crippen molar-refractivity contribution in [2.45, 2.75) is 12.8 Å². The Morgan fingerprint density at radius 1 is 1.42 bits per heavy atom. The van der Waals surface area contributed by atoms with Crippen molar-refractivity contribution >= 4 is 5.69 Å². The number of hydrogen-bond donors (Lipinski definition) is 2. The van der Waals surface area contributed by atoms with Crippen LogP contribution in [-0.2, 0) is 6.42 Å². The highest BCUT2D eigenvalue weighted by molar-refractivity contribution is 5.45. The van der Waals surface area contributed by atoms with Crippen LogP contribution in [0.3, 0.4) is 0 Å². The Labute approximate surface area is 73.8 Å². The van der Waals surface area contributed by atoms with Crippen LogP contribution in [0.1, 0.15) is 12.0 Å². The summed E-state index contributed by atoms with van der Waals surface area (Å²) in [6.45, 7) is 4.29. The molecule has 0 fully saturated rings. The van der Waals surface area contributed by atoms with E-state index >= 15 is 0 Å². The zero-order chi connectivity index (χ0) is 8.81. The topological polar surface area (TPSA) is 38.0 Å². The second kappa shape index (κ2) is 4.78. The zero-order valence-electron chi connectivity index (χ0n) is 7.22. The molecule has 1 aromatic carbocycles. The van der Waals surface area contributed by atoms with Gasteiger partial charge in [-0.3, -0.25) is 0 Å². The van der Waals surface area contributed by atoms with E-state index in [1.165, 1.54) is 5.56 Å². The van der Waals surface area contributed by atoms with Crippen LogP contribution in [0.5, 0.6) is 0 Å². The van der Waals surface area contributed by atoms with Crippen LogP contribution >= 0.6 is 0 Å². The van der Waals surface area contributed by atoms with Gasteiger partial charge < -0.3 is 11.1 Å². The van der Waals surface area contributed by atoms with Gasteiger partial charge in [-0.1, -0.05) is 19.1 Å². The van der Waals surface area contributed by atoms with Gasteiger partial charge in [-0.05, 0) is 30.5 Å². The second-order valence-electron chi connectivity index (χ2n) is 2.68. The third-order valence-corrected chi connectivity index (χ3v) is 1.70. The lowest BCUT2D eigenvalue weighted by Gasteiger charge is -2.04. The van der Waals surface area contributed by atoms with E-state index in [-0.39, 0.29) is 0 Å². The lowest BCUT2D eigenvalue weighted by atomic mass is 10.1. The van der Waals surface area contributed by atoms with Crippen LogP contribution in [0.2, 0.25) is 0 Å². The Hall–Kier alpha value is -1.02. The minimum atomic E-state index is 0.480. The molecule has 65 valence electrons. The predicted octanol–water partition coefficient (Wildman–Crippen LogP) is 1.78. The van der Waals surface area contributed by atoms with E-state index in [2.05, 4.69) is 24.4 Å². The monoisotopic (exact) mass is 163 g/mol. The molecule has 0 amide bonds. The minimum Gasteiger partial charge on any atom is -0.373 e. The molecule has 0 aliphatic rings. The number of rotatable bonds is 4. The summed E-state index contributed by atoms with van der Waals surface area (Å²) in [4.78, 5) is 0. The van der Waals surface area contributed by atoms with Gasteiger partial charge >= 0.3 is 0 Å². The van der Waals surface area contributed by atoms with Crippen LogP contribution in [0, 0.1) is 6.92 Å². The number of hydrogen-bond acceptors (Lipinski definition) is 2. The molecule has 0 atom stereocenters. The fraction of sp³-hybridized carbons (Fsp3) is 0.300. The SMILES string of the molecule is [CH2]CCc1cccc(NCN)c1. The summed E-state index contributed by atoms with van der Waals surface area (Å²) in [5.41, 5.74) is 7.76. The first-order valence-electron chi connectivity index (χ1n) is 4.19. The molecular weight excluding hydrogens is 148 g/mol. The van der Waals surface area contributed by atoms with E-state index in [9.17, 15) is 0 Å². The third kappa shape index (κ3) is 2.55. The van der Waals surface area contributed by atoms with Gasteiger partial charge in [0.2, 0.25) is 0 Å². The summed E-state index contributed by atoms with van der Waals surface area (Å²) in [7, 11) is 0. The molecule has 0 saturated carbocycles. The Morgan fingerprint density at radius 2 is 2.25 bits per heavy atom. The molecule has 3 N–H and O–H groups in total. The highest BCUT2D eigenvalue weighted by Gasteiger charge is 1.92. The third-order valence-electron chi connectivity index (χ3n) is 1.70. The van der Waals surface area contributed by atoms with Gasteiger partial charge in [0.25, 0.3) is 0 Å².